The smallest absolute Gasteiger partial charge is 0.350 e. The Morgan fingerprint density at radius 3 is 2.42 bits per heavy atom. The molecule has 170 valence electrons. The molecule has 1 amide bonds. The first-order chi connectivity index (χ1) is 15.7. The van der Waals surface area contributed by atoms with Gasteiger partial charge in [0, 0.05) is 18.7 Å². The molecule has 0 spiro atoms. The number of nitrogens with zero attached hydrogens (tertiary/aromatic N) is 5. The Morgan fingerprint density at radius 2 is 1.82 bits per heavy atom. The van der Waals surface area contributed by atoms with Gasteiger partial charge in [0.05, 0.1) is 12.2 Å². The fraction of sp³-hybridized carbons (Fsp3) is 0.143. The number of hydrogen-bond donors (Lipinski definition) is 1. The highest BCUT2D eigenvalue weighted by atomic mass is 19.1. The van der Waals surface area contributed by atoms with Crippen molar-refractivity contribution >= 4 is 5.91 Å². The quantitative estimate of drug-likeness (QED) is 0.477. The second kappa shape index (κ2) is 8.30. The molecule has 2 aromatic carbocycles. The number of ether oxygens (including phenoxy) is 1. The van der Waals surface area contributed by atoms with Gasteiger partial charge in [-0.3, -0.25) is 13.9 Å². The minimum absolute atomic E-state index is 0.0156. The van der Waals surface area contributed by atoms with Gasteiger partial charge < -0.3 is 10.5 Å². The average Bonchev–Trinajstić information content (AvgIpc) is 3.24. The van der Waals surface area contributed by atoms with Gasteiger partial charge in [-0.05, 0) is 31.2 Å². The summed E-state index contributed by atoms with van der Waals surface area (Å²) in [5, 5.41) is 3.84. The molecule has 0 unspecified atom stereocenters. The van der Waals surface area contributed by atoms with E-state index in [1.54, 1.807) is 6.92 Å². The van der Waals surface area contributed by atoms with E-state index in [2.05, 4.69) is 10.1 Å². The van der Waals surface area contributed by atoms with Crippen molar-refractivity contribution in [3.8, 4) is 17.4 Å². The second-order valence-electron chi connectivity index (χ2n) is 7.12. The summed E-state index contributed by atoms with van der Waals surface area (Å²) >= 11 is 0. The Bertz CT molecular complexity index is 1420. The van der Waals surface area contributed by atoms with Crippen LogP contribution in [0.3, 0.4) is 0 Å². The highest BCUT2D eigenvalue weighted by Gasteiger charge is 2.19. The molecule has 0 aliphatic carbocycles. The fourth-order valence-corrected chi connectivity index (χ4v) is 3.33. The van der Waals surface area contributed by atoms with Crippen LogP contribution < -0.4 is 16.2 Å². The molecular formula is C21H17F3N6O3. The normalized spacial score (nSPS) is 11.1. The lowest BCUT2D eigenvalue weighted by Gasteiger charge is -2.08. The van der Waals surface area contributed by atoms with Crippen LogP contribution in [0.15, 0.2) is 47.5 Å². The van der Waals surface area contributed by atoms with Crippen molar-refractivity contribution in [2.24, 2.45) is 12.8 Å². The van der Waals surface area contributed by atoms with Crippen LogP contribution in [0.2, 0.25) is 0 Å². The number of nitrogens with two attached hydrogens (primary N) is 1. The number of carbonyl (C=O) groups excluding carboxylic acids is 1. The van der Waals surface area contributed by atoms with Crippen LogP contribution in [-0.2, 0) is 13.6 Å². The summed E-state index contributed by atoms with van der Waals surface area (Å²) < 4.78 is 51.2. The predicted octanol–water partition coefficient (Wildman–Crippen LogP) is 2.43. The maximum atomic E-state index is 14.8. The number of benzene rings is 2. The van der Waals surface area contributed by atoms with E-state index < -0.39 is 35.6 Å². The molecule has 0 saturated heterocycles. The van der Waals surface area contributed by atoms with Gasteiger partial charge in [0.25, 0.3) is 5.91 Å². The van der Waals surface area contributed by atoms with Crippen LogP contribution in [0.5, 0.6) is 11.8 Å². The molecule has 0 aliphatic rings. The summed E-state index contributed by atoms with van der Waals surface area (Å²) in [6.45, 7) is 1.16. The number of hydrogen-bond acceptors (Lipinski definition) is 5. The summed E-state index contributed by atoms with van der Waals surface area (Å²) in [7, 11) is 1.52. The summed E-state index contributed by atoms with van der Waals surface area (Å²) in [6.07, 6.45) is 1.06. The molecule has 0 fully saturated rings. The highest BCUT2D eigenvalue weighted by Crippen LogP contribution is 2.25. The number of imidazole rings is 1. The van der Waals surface area contributed by atoms with Crippen LogP contribution in [0.25, 0.3) is 5.69 Å². The third-order valence-corrected chi connectivity index (χ3v) is 4.94. The van der Waals surface area contributed by atoms with Crippen LogP contribution in [-0.4, -0.2) is 29.8 Å². The molecule has 4 rings (SSSR count). The minimum Gasteiger partial charge on any atom is -0.425 e. The van der Waals surface area contributed by atoms with E-state index in [0.717, 1.165) is 33.8 Å². The zero-order valence-corrected chi connectivity index (χ0v) is 17.4. The van der Waals surface area contributed by atoms with Crippen molar-refractivity contribution in [3.63, 3.8) is 0 Å². The Morgan fingerprint density at radius 1 is 1.12 bits per heavy atom. The van der Waals surface area contributed by atoms with Gasteiger partial charge in [-0.15, -0.1) is 0 Å². The molecule has 0 saturated carbocycles. The number of carbonyl (C=O) groups is 1. The highest BCUT2D eigenvalue weighted by molar-refractivity contribution is 5.92. The summed E-state index contributed by atoms with van der Waals surface area (Å²) in [5.41, 5.74) is 4.49. The molecule has 0 radical (unpaired) electrons. The van der Waals surface area contributed by atoms with Crippen molar-refractivity contribution in [1.82, 2.24) is 23.9 Å². The monoisotopic (exact) mass is 458 g/mol. The third-order valence-electron chi connectivity index (χ3n) is 4.94. The maximum absolute atomic E-state index is 14.8. The summed E-state index contributed by atoms with van der Waals surface area (Å²) in [4.78, 5) is 28.2. The maximum Gasteiger partial charge on any atom is 0.350 e. The average molecular weight is 458 g/mol. The minimum atomic E-state index is -0.849. The van der Waals surface area contributed by atoms with E-state index in [9.17, 15) is 22.8 Å². The molecule has 0 bridgehead atoms. The molecular weight excluding hydrogens is 441 g/mol. The predicted molar refractivity (Wildman–Crippen MR) is 110 cm³/mol. The van der Waals surface area contributed by atoms with Gasteiger partial charge in [0.2, 0.25) is 0 Å². The van der Waals surface area contributed by atoms with Gasteiger partial charge >= 0.3 is 11.7 Å². The van der Waals surface area contributed by atoms with Crippen molar-refractivity contribution in [3.05, 3.63) is 87.6 Å². The van der Waals surface area contributed by atoms with Gasteiger partial charge in [0.15, 0.2) is 5.82 Å². The number of halogens is 3. The van der Waals surface area contributed by atoms with Crippen molar-refractivity contribution in [2.75, 3.05) is 0 Å². The van der Waals surface area contributed by atoms with E-state index in [1.807, 2.05) is 0 Å². The lowest BCUT2D eigenvalue weighted by Crippen LogP contribution is -2.25. The van der Waals surface area contributed by atoms with E-state index in [-0.39, 0.29) is 28.7 Å². The molecule has 2 N–H and O–H groups in total. The van der Waals surface area contributed by atoms with E-state index >= 15 is 0 Å². The lowest BCUT2D eigenvalue weighted by molar-refractivity contribution is 0.0991. The summed E-state index contributed by atoms with van der Waals surface area (Å²) in [6, 6.07) is 6.99. The Labute approximate surface area is 184 Å². The van der Waals surface area contributed by atoms with Gasteiger partial charge in [-0.1, -0.05) is 6.07 Å². The number of primary amides is 1. The second-order valence-corrected chi connectivity index (χ2v) is 7.12. The zero-order chi connectivity index (χ0) is 23.9. The SMILES string of the molecule is Cc1nc(Oc2ccc(-n3ncn(Cc4c(F)cccc4F)c3=O)c(F)c2)n(C)c1C(N)=O. The molecule has 2 aromatic heterocycles. The fourth-order valence-electron chi connectivity index (χ4n) is 3.33. The van der Waals surface area contributed by atoms with Crippen molar-refractivity contribution in [1.29, 1.82) is 0 Å². The van der Waals surface area contributed by atoms with Gasteiger partial charge in [-0.2, -0.15) is 14.8 Å². The number of aryl methyl sites for hydroxylation is 1. The van der Waals surface area contributed by atoms with E-state index in [4.69, 9.17) is 10.5 Å². The first-order valence-electron chi connectivity index (χ1n) is 9.55. The molecule has 4 aromatic rings. The third kappa shape index (κ3) is 3.97. The lowest BCUT2D eigenvalue weighted by atomic mass is 10.2. The van der Waals surface area contributed by atoms with Crippen LogP contribution in [0.1, 0.15) is 21.7 Å². The first-order valence-corrected chi connectivity index (χ1v) is 9.55. The van der Waals surface area contributed by atoms with E-state index in [0.29, 0.717) is 5.69 Å². The molecule has 0 atom stereocenters. The number of rotatable bonds is 6. The molecule has 33 heavy (non-hydrogen) atoms. The van der Waals surface area contributed by atoms with E-state index in [1.165, 1.54) is 29.8 Å². The Kier molecular flexibility index (Phi) is 5.50. The standard InChI is InChI=1S/C21H17F3N6O3/c1-11-18(19(25)31)28(2)20(27-11)33-12-6-7-17(16(24)8-12)30-21(32)29(10-26-30)9-13-14(22)4-3-5-15(13)23/h3-8,10H,9H2,1-2H3,(H2,25,31). The topological polar surface area (TPSA) is 110 Å². The number of aromatic nitrogens is 5. The Balaban J connectivity index is 1.61. The van der Waals surface area contributed by atoms with Gasteiger partial charge in [0.1, 0.15) is 35.1 Å². The first kappa shape index (κ1) is 21.9. The number of amides is 1. The van der Waals surface area contributed by atoms with Crippen molar-refractivity contribution in [2.45, 2.75) is 13.5 Å². The molecule has 9 nitrogen and oxygen atoms in total. The van der Waals surface area contributed by atoms with Gasteiger partial charge in [-0.25, -0.2) is 18.0 Å². The van der Waals surface area contributed by atoms with Crippen LogP contribution >= 0.6 is 0 Å². The molecule has 12 heteroatoms. The zero-order valence-electron chi connectivity index (χ0n) is 17.4. The molecule has 0 aliphatic heterocycles. The summed E-state index contributed by atoms with van der Waals surface area (Å²) in [5.74, 6) is -3.12. The van der Waals surface area contributed by atoms with Crippen LogP contribution in [0.4, 0.5) is 13.2 Å². The Hall–Kier alpha value is -4.35. The van der Waals surface area contributed by atoms with Crippen molar-refractivity contribution < 1.29 is 22.7 Å². The van der Waals surface area contributed by atoms with Crippen LogP contribution in [0, 0.1) is 24.4 Å². The molecule has 2 heterocycles. The largest absolute Gasteiger partial charge is 0.425 e.